The van der Waals surface area contributed by atoms with Gasteiger partial charge < -0.3 is 9.30 Å². The highest BCUT2D eigenvalue weighted by molar-refractivity contribution is 5.85. The summed E-state index contributed by atoms with van der Waals surface area (Å²) >= 11 is 0. The van der Waals surface area contributed by atoms with E-state index < -0.39 is 0 Å². The average molecular weight is 221 g/mol. The van der Waals surface area contributed by atoms with Crippen LogP contribution in [0.2, 0.25) is 0 Å². The third-order valence-electron chi connectivity index (χ3n) is 3.34. The summed E-state index contributed by atoms with van der Waals surface area (Å²) in [7, 11) is 0. The molecule has 0 radical (unpaired) electrons. The minimum Gasteiger partial charge on any atom is -0.465 e. The van der Waals surface area contributed by atoms with Crippen LogP contribution in [0.3, 0.4) is 0 Å². The Morgan fingerprint density at radius 1 is 1.18 bits per heavy atom. The zero-order valence-electron chi connectivity index (χ0n) is 9.26. The molecule has 17 heavy (non-hydrogen) atoms. The second-order valence-electron chi connectivity index (χ2n) is 4.27. The fraction of sp³-hybridized carbons (Fsp3) is 0.0667. The van der Waals surface area contributed by atoms with Gasteiger partial charge in [-0.2, -0.15) is 0 Å². The van der Waals surface area contributed by atoms with E-state index in [1.54, 1.807) is 6.26 Å². The van der Waals surface area contributed by atoms with Crippen molar-refractivity contribution in [1.29, 1.82) is 0 Å². The average Bonchev–Trinajstić information content (AvgIpc) is 2.56. The Bertz CT molecular complexity index is 790. The summed E-state index contributed by atoms with van der Waals surface area (Å²) < 4.78 is 7.85. The summed E-state index contributed by atoms with van der Waals surface area (Å²) in [5.74, 6) is 1.03. The van der Waals surface area contributed by atoms with Crippen molar-refractivity contribution in [3.63, 3.8) is 0 Å². The SMILES string of the molecule is C1=CCC2=c3c(c4ccccc4n3C=CO2)=C1. The van der Waals surface area contributed by atoms with Gasteiger partial charge in [0.2, 0.25) is 0 Å². The molecule has 1 aliphatic carbocycles. The van der Waals surface area contributed by atoms with Crippen LogP contribution in [0.5, 0.6) is 0 Å². The second kappa shape index (κ2) is 3.14. The number of nitrogens with zero attached hydrogens (tertiary/aromatic N) is 1. The minimum atomic E-state index is 0.851. The Hall–Kier alpha value is -2.22. The molecular formula is C15H11NO. The van der Waals surface area contributed by atoms with Crippen LogP contribution < -0.4 is 10.6 Å². The van der Waals surface area contributed by atoms with Crippen LogP contribution in [0, 0.1) is 0 Å². The van der Waals surface area contributed by atoms with Crippen molar-refractivity contribution in [3.8, 4) is 0 Å². The first-order chi connectivity index (χ1) is 8.45. The Morgan fingerprint density at radius 2 is 2.12 bits per heavy atom. The highest BCUT2D eigenvalue weighted by atomic mass is 16.5. The maximum absolute atomic E-state index is 5.64. The Balaban J connectivity index is 2.38. The van der Waals surface area contributed by atoms with Crippen molar-refractivity contribution in [1.82, 2.24) is 4.57 Å². The monoisotopic (exact) mass is 221 g/mol. The molecule has 2 heteroatoms. The Kier molecular flexibility index (Phi) is 1.64. The lowest BCUT2D eigenvalue weighted by molar-refractivity contribution is 0.411. The molecule has 2 nitrogen and oxygen atoms in total. The molecule has 0 fully saturated rings. The van der Waals surface area contributed by atoms with Gasteiger partial charge in [0, 0.05) is 23.2 Å². The maximum atomic E-state index is 5.64. The normalized spacial score (nSPS) is 16.4. The lowest BCUT2D eigenvalue weighted by atomic mass is 10.2. The summed E-state index contributed by atoms with van der Waals surface area (Å²) in [4.78, 5) is 0. The van der Waals surface area contributed by atoms with Crippen LogP contribution in [0.4, 0.5) is 0 Å². The molecule has 0 saturated heterocycles. The summed E-state index contributed by atoms with van der Waals surface area (Å²) in [5, 5.41) is 3.73. The van der Waals surface area contributed by atoms with Crippen molar-refractivity contribution in [2.75, 3.05) is 0 Å². The zero-order valence-corrected chi connectivity index (χ0v) is 9.26. The third kappa shape index (κ3) is 1.10. The number of fused-ring (bicyclic) bond motifs is 3. The first-order valence-electron chi connectivity index (χ1n) is 5.77. The number of benzene rings is 1. The van der Waals surface area contributed by atoms with Gasteiger partial charge in [-0.3, -0.25) is 0 Å². The van der Waals surface area contributed by atoms with Crippen LogP contribution in [-0.4, -0.2) is 4.57 Å². The molecule has 0 saturated carbocycles. The molecule has 4 rings (SSSR count). The molecule has 2 aromatic rings. The van der Waals surface area contributed by atoms with E-state index in [1.807, 2.05) is 6.20 Å². The smallest absolute Gasteiger partial charge is 0.132 e. The molecule has 1 aliphatic heterocycles. The molecule has 1 aromatic carbocycles. The van der Waals surface area contributed by atoms with Gasteiger partial charge in [-0.25, -0.2) is 0 Å². The molecule has 1 aromatic heterocycles. The van der Waals surface area contributed by atoms with Crippen LogP contribution in [0.15, 0.2) is 42.7 Å². The standard InChI is InChI=1S/C15H11NO/c1-3-7-13-11(5-1)12-6-2-4-8-14-15(12)16(13)9-10-17-14/h1-7,9-10H,8H2. The lowest BCUT2D eigenvalue weighted by Gasteiger charge is -2.10. The van der Waals surface area contributed by atoms with Crippen molar-refractivity contribution < 1.29 is 4.74 Å². The van der Waals surface area contributed by atoms with Gasteiger partial charge in [0.05, 0.1) is 10.9 Å². The first kappa shape index (κ1) is 8.88. The molecule has 2 heterocycles. The van der Waals surface area contributed by atoms with Crippen molar-refractivity contribution in [3.05, 3.63) is 53.2 Å². The number of ether oxygens (including phenoxy) is 1. The first-order valence-corrected chi connectivity index (χ1v) is 5.77. The van der Waals surface area contributed by atoms with Gasteiger partial charge in [-0.1, -0.05) is 36.4 Å². The molecule has 82 valence electrons. The predicted molar refractivity (Wildman–Crippen MR) is 69.2 cm³/mol. The summed E-state index contributed by atoms with van der Waals surface area (Å²) in [5.41, 5.74) is 1.24. The largest absolute Gasteiger partial charge is 0.465 e. The van der Waals surface area contributed by atoms with Crippen LogP contribution in [-0.2, 0) is 4.74 Å². The fourth-order valence-electron chi connectivity index (χ4n) is 2.61. The molecule has 0 bridgehead atoms. The van der Waals surface area contributed by atoms with E-state index in [9.17, 15) is 0 Å². The number of allylic oxidation sites excluding steroid dienone is 1. The van der Waals surface area contributed by atoms with Crippen LogP contribution in [0.1, 0.15) is 6.42 Å². The number of para-hydroxylation sites is 1. The highest BCUT2D eigenvalue weighted by Crippen LogP contribution is 2.16. The quantitative estimate of drug-likeness (QED) is 0.663. The minimum absolute atomic E-state index is 0.851. The zero-order chi connectivity index (χ0) is 11.2. The highest BCUT2D eigenvalue weighted by Gasteiger charge is 2.13. The summed E-state index contributed by atoms with van der Waals surface area (Å²) in [6.07, 6.45) is 11.0. The van der Waals surface area contributed by atoms with Gasteiger partial charge in [-0.15, -0.1) is 0 Å². The van der Waals surface area contributed by atoms with Gasteiger partial charge in [-0.05, 0) is 6.07 Å². The van der Waals surface area contributed by atoms with E-state index in [0.29, 0.717) is 0 Å². The molecule has 0 amide bonds. The van der Waals surface area contributed by atoms with E-state index >= 15 is 0 Å². The van der Waals surface area contributed by atoms with E-state index in [-0.39, 0.29) is 0 Å². The lowest BCUT2D eigenvalue weighted by Crippen LogP contribution is -2.31. The molecular weight excluding hydrogens is 210 g/mol. The summed E-state index contributed by atoms with van der Waals surface area (Å²) in [6.45, 7) is 0. The summed E-state index contributed by atoms with van der Waals surface area (Å²) in [6, 6.07) is 8.47. The maximum Gasteiger partial charge on any atom is 0.132 e. The second-order valence-corrected chi connectivity index (χ2v) is 4.27. The van der Waals surface area contributed by atoms with Gasteiger partial charge in [0.1, 0.15) is 12.0 Å². The van der Waals surface area contributed by atoms with Crippen molar-refractivity contribution in [2.45, 2.75) is 6.42 Å². The Labute approximate surface area is 98.4 Å². The van der Waals surface area contributed by atoms with Crippen molar-refractivity contribution in [2.24, 2.45) is 0 Å². The topological polar surface area (TPSA) is 14.2 Å². The van der Waals surface area contributed by atoms with Gasteiger partial charge in [0.25, 0.3) is 0 Å². The van der Waals surface area contributed by atoms with E-state index in [1.165, 1.54) is 21.5 Å². The van der Waals surface area contributed by atoms with Crippen LogP contribution in [0.25, 0.3) is 28.9 Å². The number of aromatic nitrogens is 1. The third-order valence-corrected chi connectivity index (χ3v) is 3.34. The molecule has 0 atom stereocenters. The molecule has 0 spiro atoms. The molecule has 0 N–H and O–H groups in total. The number of rotatable bonds is 0. The van der Waals surface area contributed by atoms with Crippen molar-refractivity contribution >= 4 is 28.9 Å². The Morgan fingerprint density at radius 3 is 3.12 bits per heavy atom. The molecule has 0 unspecified atom stereocenters. The van der Waals surface area contributed by atoms with Gasteiger partial charge >= 0.3 is 0 Å². The molecule has 2 aliphatic rings. The number of hydrogen-bond donors (Lipinski definition) is 0. The fourth-order valence-corrected chi connectivity index (χ4v) is 2.61. The van der Waals surface area contributed by atoms with Crippen LogP contribution >= 0.6 is 0 Å². The predicted octanol–water partition coefficient (Wildman–Crippen LogP) is 1.95. The van der Waals surface area contributed by atoms with E-state index in [4.69, 9.17) is 4.74 Å². The van der Waals surface area contributed by atoms with Gasteiger partial charge in [0.15, 0.2) is 0 Å². The van der Waals surface area contributed by atoms with E-state index in [0.717, 1.165) is 12.2 Å². The number of hydrogen-bond acceptors (Lipinski definition) is 1. The van der Waals surface area contributed by atoms with E-state index in [2.05, 4.69) is 47.1 Å².